The van der Waals surface area contributed by atoms with Crippen molar-refractivity contribution in [1.29, 1.82) is 0 Å². The minimum atomic E-state index is 0.324. The first-order valence-corrected chi connectivity index (χ1v) is 3.48. The highest BCUT2D eigenvalue weighted by atomic mass is 35.5. The summed E-state index contributed by atoms with van der Waals surface area (Å²) in [5.41, 5.74) is 0. The van der Waals surface area contributed by atoms with Crippen LogP contribution in [0.2, 0.25) is 0 Å². The van der Waals surface area contributed by atoms with E-state index in [1.807, 2.05) is 0 Å². The molecule has 0 amide bonds. The molecule has 0 aliphatic heterocycles. The van der Waals surface area contributed by atoms with E-state index in [0.29, 0.717) is 12.0 Å². The lowest BCUT2D eigenvalue weighted by Crippen LogP contribution is -2.02. The van der Waals surface area contributed by atoms with Crippen molar-refractivity contribution in [1.82, 2.24) is 0 Å². The topological polar surface area (TPSA) is 9.23 Å². The van der Waals surface area contributed by atoms with Gasteiger partial charge in [-0.25, -0.2) is 0 Å². The average Bonchev–Trinajstić information content (AvgIpc) is 1.83. The molecule has 0 spiro atoms. The minimum absolute atomic E-state index is 0.324. The van der Waals surface area contributed by atoms with E-state index in [9.17, 15) is 0 Å². The summed E-state index contributed by atoms with van der Waals surface area (Å²) in [6, 6.07) is 0.324. The van der Waals surface area contributed by atoms with Crippen molar-refractivity contribution in [2.75, 3.05) is 12.7 Å². The van der Waals surface area contributed by atoms with Crippen molar-refractivity contribution in [3.63, 3.8) is 0 Å². The lowest BCUT2D eigenvalue weighted by atomic mass is 10.1. The van der Waals surface area contributed by atoms with E-state index in [1.54, 1.807) is 0 Å². The fourth-order valence-electron chi connectivity index (χ4n) is 0.364. The van der Waals surface area contributed by atoms with Gasteiger partial charge in [0.25, 0.3) is 0 Å². The van der Waals surface area contributed by atoms with E-state index in [4.69, 9.17) is 16.3 Å². The van der Waals surface area contributed by atoms with Crippen LogP contribution in [0.3, 0.4) is 0 Å². The molecule has 0 radical (unpaired) electrons. The Morgan fingerprint density at radius 1 is 1.62 bits per heavy atom. The second-order valence-corrected chi connectivity index (χ2v) is 2.21. The molecule has 0 aliphatic rings. The molecule has 8 heavy (non-hydrogen) atoms. The Morgan fingerprint density at radius 3 is 2.62 bits per heavy atom. The van der Waals surface area contributed by atoms with Crippen LogP contribution in [0, 0.1) is 5.92 Å². The molecule has 1 nitrogen and oxygen atoms in total. The fraction of sp³-hybridized carbons (Fsp3) is 1.00. The molecule has 0 bridgehead atoms. The third-order valence-electron chi connectivity index (χ3n) is 1.18. The van der Waals surface area contributed by atoms with Gasteiger partial charge in [-0.15, -0.1) is 0 Å². The fourth-order valence-corrected chi connectivity index (χ4v) is 0.453. The summed E-state index contributed by atoms with van der Waals surface area (Å²) in [6.07, 6.45) is 1.16. The van der Waals surface area contributed by atoms with E-state index < -0.39 is 0 Å². The molecule has 1 atom stereocenters. The zero-order valence-corrected chi connectivity index (χ0v) is 6.24. The highest BCUT2D eigenvalue weighted by Crippen LogP contribution is 2.00. The van der Waals surface area contributed by atoms with Gasteiger partial charge in [0.1, 0.15) is 6.07 Å². The molecule has 50 valence electrons. The molecule has 0 aromatic carbocycles. The zero-order valence-electron chi connectivity index (χ0n) is 5.48. The summed E-state index contributed by atoms with van der Waals surface area (Å²) in [6.45, 7) is 5.08. The molecular weight excluding hydrogens is 124 g/mol. The van der Waals surface area contributed by atoms with Crippen molar-refractivity contribution < 1.29 is 4.74 Å². The molecule has 0 aromatic heterocycles. The molecule has 0 rings (SSSR count). The molecule has 0 N–H and O–H groups in total. The lowest BCUT2D eigenvalue weighted by molar-refractivity contribution is 0.141. The van der Waals surface area contributed by atoms with Crippen LogP contribution in [0.15, 0.2) is 0 Å². The predicted octanol–water partition coefficient (Wildman–Crippen LogP) is 2.25. The van der Waals surface area contributed by atoms with Gasteiger partial charge in [-0.3, -0.25) is 0 Å². The van der Waals surface area contributed by atoms with Crippen molar-refractivity contribution >= 4 is 11.6 Å². The Hall–Kier alpha value is 0.250. The maximum Gasteiger partial charge on any atom is 0.120 e. The molecule has 0 saturated heterocycles. The van der Waals surface area contributed by atoms with Crippen molar-refractivity contribution in [2.45, 2.75) is 20.3 Å². The number of halogens is 1. The monoisotopic (exact) mass is 136 g/mol. The zero-order chi connectivity index (χ0) is 6.41. The standard InChI is InChI=1S/C6H13ClO/c1-3-6(2)4-8-5-7/h6H,3-5H2,1-2H3/t6-/m1/s1. The molecule has 0 aliphatic carbocycles. The predicted molar refractivity (Wildman–Crippen MR) is 36.1 cm³/mol. The molecule has 0 unspecified atom stereocenters. The second kappa shape index (κ2) is 5.39. The van der Waals surface area contributed by atoms with Crippen LogP contribution in [-0.4, -0.2) is 12.7 Å². The first-order valence-electron chi connectivity index (χ1n) is 2.95. The van der Waals surface area contributed by atoms with Crippen LogP contribution in [0.25, 0.3) is 0 Å². The van der Waals surface area contributed by atoms with Crippen molar-refractivity contribution in [3.8, 4) is 0 Å². The Balaban J connectivity index is 2.86. The molecule has 0 heterocycles. The molecule has 0 fully saturated rings. The largest absolute Gasteiger partial charge is 0.365 e. The van der Waals surface area contributed by atoms with Gasteiger partial charge in [0, 0.05) is 0 Å². The smallest absolute Gasteiger partial charge is 0.120 e. The summed E-state index contributed by atoms with van der Waals surface area (Å²) >= 11 is 5.28. The van der Waals surface area contributed by atoms with E-state index in [2.05, 4.69) is 13.8 Å². The highest BCUT2D eigenvalue weighted by molar-refractivity contribution is 6.17. The number of ether oxygens (including phenoxy) is 1. The summed E-state index contributed by atoms with van der Waals surface area (Å²) in [5.74, 6) is 0.647. The minimum Gasteiger partial charge on any atom is -0.365 e. The summed E-state index contributed by atoms with van der Waals surface area (Å²) in [4.78, 5) is 0. The van der Waals surface area contributed by atoms with Gasteiger partial charge in [-0.2, -0.15) is 0 Å². The van der Waals surface area contributed by atoms with E-state index in [1.165, 1.54) is 0 Å². The quantitative estimate of drug-likeness (QED) is 0.539. The third kappa shape index (κ3) is 4.41. The highest BCUT2D eigenvalue weighted by Gasteiger charge is 1.95. The van der Waals surface area contributed by atoms with Crippen LogP contribution >= 0.6 is 11.6 Å². The van der Waals surface area contributed by atoms with Gasteiger partial charge in [-0.1, -0.05) is 31.9 Å². The summed E-state index contributed by atoms with van der Waals surface area (Å²) < 4.78 is 4.95. The Kier molecular flexibility index (Phi) is 5.56. The van der Waals surface area contributed by atoms with Crippen molar-refractivity contribution in [2.24, 2.45) is 5.92 Å². The Morgan fingerprint density at radius 2 is 2.25 bits per heavy atom. The van der Waals surface area contributed by atoms with Gasteiger partial charge < -0.3 is 4.74 Å². The Labute approximate surface area is 56.0 Å². The van der Waals surface area contributed by atoms with Crippen LogP contribution in [0.4, 0.5) is 0 Å². The van der Waals surface area contributed by atoms with Gasteiger partial charge in [0.15, 0.2) is 0 Å². The summed E-state index contributed by atoms with van der Waals surface area (Å²) in [7, 11) is 0. The van der Waals surface area contributed by atoms with Gasteiger partial charge in [0.05, 0.1) is 6.61 Å². The average molecular weight is 137 g/mol. The Bertz CT molecular complexity index is 47.8. The van der Waals surface area contributed by atoms with Gasteiger partial charge in [0.2, 0.25) is 0 Å². The normalized spacial score (nSPS) is 13.9. The number of hydrogen-bond donors (Lipinski definition) is 0. The number of rotatable bonds is 4. The second-order valence-electron chi connectivity index (χ2n) is 1.99. The first-order chi connectivity index (χ1) is 3.81. The van der Waals surface area contributed by atoms with Crippen molar-refractivity contribution in [3.05, 3.63) is 0 Å². The lowest BCUT2D eigenvalue weighted by Gasteiger charge is -2.05. The van der Waals surface area contributed by atoms with E-state index >= 15 is 0 Å². The van der Waals surface area contributed by atoms with Crippen LogP contribution in [0.1, 0.15) is 20.3 Å². The van der Waals surface area contributed by atoms with E-state index in [0.717, 1.165) is 13.0 Å². The van der Waals surface area contributed by atoms with Crippen LogP contribution in [0.5, 0.6) is 0 Å². The molecule has 0 aromatic rings. The van der Waals surface area contributed by atoms with Crippen LogP contribution in [-0.2, 0) is 4.74 Å². The third-order valence-corrected chi connectivity index (χ3v) is 1.33. The SMILES string of the molecule is CC[C@@H](C)COCCl. The van der Waals surface area contributed by atoms with Crippen LogP contribution < -0.4 is 0 Å². The molecule has 2 heteroatoms. The molecule has 0 saturated carbocycles. The van der Waals surface area contributed by atoms with Gasteiger partial charge in [-0.05, 0) is 5.92 Å². The molecular formula is C6H13ClO. The number of alkyl halides is 1. The van der Waals surface area contributed by atoms with Gasteiger partial charge >= 0.3 is 0 Å². The first kappa shape index (κ1) is 8.25. The number of hydrogen-bond acceptors (Lipinski definition) is 1. The maximum absolute atomic E-state index is 5.28. The van der Waals surface area contributed by atoms with E-state index in [-0.39, 0.29) is 0 Å². The summed E-state index contributed by atoms with van der Waals surface area (Å²) in [5, 5.41) is 0. The maximum atomic E-state index is 5.28.